The molecule has 0 unspecified atom stereocenters. The summed E-state index contributed by atoms with van der Waals surface area (Å²) in [6.07, 6.45) is 7.21. The Morgan fingerprint density at radius 1 is 1.08 bits per heavy atom. The molecule has 2 aliphatic carbocycles. The minimum absolute atomic E-state index is 0.0834. The highest BCUT2D eigenvalue weighted by Gasteiger charge is 2.69. The number of aryl methyl sites for hydroxylation is 1. The highest BCUT2D eigenvalue weighted by molar-refractivity contribution is 7.89. The van der Waals surface area contributed by atoms with E-state index in [1.54, 1.807) is 12.1 Å². The van der Waals surface area contributed by atoms with Crippen molar-refractivity contribution in [1.29, 1.82) is 0 Å². The first-order valence-corrected chi connectivity index (χ1v) is 11.3. The number of likely N-dealkylation sites (tertiary alicyclic amines) is 1. The van der Waals surface area contributed by atoms with Crippen molar-refractivity contribution in [2.24, 2.45) is 11.8 Å². The van der Waals surface area contributed by atoms with Gasteiger partial charge in [-0.3, -0.25) is 0 Å². The molecule has 5 heteroatoms. The second-order valence-corrected chi connectivity index (χ2v) is 10.5. The average molecular weight is 361 g/mol. The van der Waals surface area contributed by atoms with E-state index in [9.17, 15) is 8.42 Å². The summed E-state index contributed by atoms with van der Waals surface area (Å²) in [5, 5.41) is 0. The summed E-state index contributed by atoms with van der Waals surface area (Å²) in [4.78, 5) is 3.15. The van der Waals surface area contributed by atoms with Gasteiger partial charge in [0.15, 0.2) is 0 Å². The molecular weight excluding hydrogens is 332 g/mol. The second kappa shape index (κ2) is 5.54. The summed E-state index contributed by atoms with van der Waals surface area (Å²) < 4.78 is 28.7. The fourth-order valence-corrected chi connectivity index (χ4v) is 8.25. The van der Waals surface area contributed by atoms with Gasteiger partial charge in [0.1, 0.15) is 0 Å². The number of benzene rings is 1. The van der Waals surface area contributed by atoms with E-state index in [0.29, 0.717) is 22.8 Å². The van der Waals surface area contributed by atoms with Crippen LogP contribution in [0.4, 0.5) is 0 Å². The van der Waals surface area contributed by atoms with Gasteiger partial charge in [-0.05, 0) is 82.5 Å². The van der Waals surface area contributed by atoms with Crippen molar-refractivity contribution >= 4 is 10.0 Å². The lowest BCUT2D eigenvalue weighted by molar-refractivity contribution is -0.0424. The van der Waals surface area contributed by atoms with Crippen LogP contribution < -0.4 is 0 Å². The SMILES string of the molecule is Cc1ccc(S(=O)(=O)N2C[C@@H]3C[C@]24CCC[C@@H](N2CCCC2)[C@@H]34)cc1. The highest BCUT2D eigenvalue weighted by atomic mass is 32.2. The molecule has 25 heavy (non-hydrogen) atoms. The van der Waals surface area contributed by atoms with E-state index >= 15 is 0 Å². The van der Waals surface area contributed by atoms with Crippen LogP contribution in [0.3, 0.4) is 0 Å². The molecule has 5 fully saturated rings. The van der Waals surface area contributed by atoms with Gasteiger partial charge in [0.25, 0.3) is 0 Å². The van der Waals surface area contributed by atoms with Crippen molar-refractivity contribution in [2.45, 2.75) is 61.9 Å². The topological polar surface area (TPSA) is 40.6 Å². The van der Waals surface area contributed by atoms with Crippen molar-refractivity contribution in [1.82, 2.24) is 9.21 Å². The predicted molar refractivity (Wildman–Crippen MR) is 97.8 cm³/mol. The smallest absolute Gasteiger partial charge is 0.243 e. The fourth-order valence-electron chi connectivity index (χ4n) is 6.36. The molecule has 3 aliphatic heterocycles. The van der Waals surface area contributed by atoms with Crippen LogP contribution in [0.25, 0.3) is 0 Å². The maximum atomic E-state index is 13.4. The molecule has 1 aromatic rings. The molecule has 136 valence electrons. The molecule has 4 nitrogen and oxygen atoms in total. The van der Waals surface area contributed by atoms with Gasteiger partial charge in [0.05, 0.1) is 4.90 Å². The third-order valence-corrected chi connectivity index (χ3v) is 9.34. The zero-order valence-corrected chi connectivity index (χ0v) is 15.8. The Bertz CT molecular complexity index is 769. The van der Waals surface area contributed by atoms with E-state index in [2.05, 4.69) is 4.90 Å². The van der Waals surface area contributed by atoms with Gasteiger partial charge < -0.3 is 4.90 Å². The third kappa shape index (κ3) is 2.22. The number of hydrogen-bond donors (Lipinski definition) is 0. The first kappa shape index (κ1) is 16.3. The molecular formula is C20H28N2O2S. The van der Waals surface area contributed by atoms with Gasteiger partial charge in [0.2, 0.25) is 10.0 Å². The van der Waals surface area contributed by atoms with Crippen LogP contribution in [0.1, 0.15) is 44.1 Å². The van der Waals surface area contributed by atoms with Crippen molar-refractivity contribution in [2.75, 3.05) is 19.6 Å². The minimum Gasteiger partial charge on any atom is -0.300 e. The summed E-state index contributed by atoms with van der Waals surface area (Å²) in [6, 6.07) is 8.01. The molecule has 3 heterocycles. The van der Waals surface area contributed by atoms with Gasteiger partial charge in [-0.25, -0.2) is 8.42 Å². The number of rotatable bonds is 3. The quantitative estimate of drug-likeness (QED) is 0.832. The number of hydrogen-bond acceptors (Lipinski definition) is 3. The summed E-state index contributed by atoms with van der Waals surface area (Å²) in [7, 11) is -3.37. The lowest BCUT2D eigenvalue weighted by atomic mass is 9.55. The predicted octanol–water partition coefficient (Wildman–Crippen LogP) is 3.02. The van der Waals surface area contributed by atoms with E-state index in [-0.39, 0.29) is 5.54 Å². The molecule has 5 aliphatic rings. The Hall–Kier alpha value is -0.910. The van der Waals surface area contributed by atoms with Gasteiger partial charge in [-0.15, -0.1) is 0 Å². The Balaban J connectivity index is 1.47. The average Bonchev–Trinajstić information content (AvgIpc) is 3.29. The van der Waals surface area contributed by atoms with Crippen LogP contribution in [-0.4, -0.2) is 48.8 Å². The monoisotopic (exact) mass is 360 g/mol. The largest absolute Gasteiger partial charge is 0.300 e. The van der Waals surface area contributed by atoms with E-state index in [1.165, 1.54) is 38.8 Å². The van der Waals surface area contributed by atoms with Gasteiger partial charge in [0, 0.05) is 18.1 Å². The van der Waals surface area contributed by atoms with Crippen molar-refractivity contribution in [3.05, 3.63) is 29.8 Å². The zero-order valence-electron chi connectivity index (χ0n) is 15.0. The lowest BCUT2D eigenvalue weighted by Crippen LogP contribution is -2.64. The maximum absolute atomic E-state index is 13.4. The molecule has 0 aromatic heterocycles. The van der Waals surface area contributed by atoms with Gasteiger partial charge in [-0.1, -0.05) is 17.7 Å². The molecule has 0 amide bonds. The molecule has 4 atom stereocenters. The van der Waals surface area contributed by atoms with Crippen LogP contribution in [0, 0.1) is 18.8 Å². The summed E-state index contributed by atoms with van der Waals surface area (Å²) >= 11 is 0. The summed E-state index contributed by atoms with van der Waals surface area (Å²) in [6.45, 7) is 5.17. The molecule has 3 saturated heterocycles. The molecule has 1 aromatic carbocycles. The molecule has 0 N–H and O–H groups in total. The normalized spacial score (nSPS) is 38.5. The molecule has 0 radical (unpaired) electrons. The van der Waals surface area contributed by atoms with Crippen LogP contribution >= 0.6 is 0 Å². The highest BCUT2D eigenvalue weighted by Crippen LogP contribution is 2.63. The van der Waals surface area contributed by atoms with Crippen molar-refractivity contribution in [3.63, 3.8) is 0 Å². The Morgan fingerprint density at radius 3 is 2.52 bits per heavy atom. The molecule has 1 spiro atoms. The van der Waals surface area contributed by atoms with Crippen molar-refractivity contribution < 1.29 is 8.42 Å². The standard InChI is InChI=1S/C20H28N2O2S/c1-15-6-8-17(9-7-15)25(23,24)22-14-16-13-20(22)10-4-5-18(19(16)20)21-11-2-3-12-21/h6-9,16,18-19H,2-5,10-14H2,1H3/t16-,18+,19+,20-/m0/s1. The van der Waals surface area contributed by atoms with Crippen molar-refractivity contribution in [3.8, 4) is 0 Å². The first-order valence-electron chi connectivity index (χ1n) is 9.86. The Labute approximate surface area is 151 Å². The molecule has 2 saturated carbocycles. The van der Waals surface area contributed by atoms with E-state index in [1.807, 2.05) is 23.4 Å². The maximum Gasteiger partial charge on any atom is 0.243 e. The Kier molecular flexibility index (Phi) is 3.61. The van der Waals surface area contributed by atoms with E-state index < -0.39 is 10.0 Å². The first-order chi connectivity index (χ1) is 12.0. The van der Waals surface area contributed by atoms with E-state index in [4.69, 9.17) is 0 Å². The lowest BCUT2D eigenvalue weighted by Gasteiger charge is -2.57. The minimum atomic E-state index is -3.37. The van der Waals surface area contributed by atoms with Crippen LogP contribution in [0.15, 0.2) is 29.2 Å². The van der Waals surface area contributed by atoms with Crippen LogP contribution in [-0.2, 0) is 10.0 Å². The second-order valence-electron chi connectivity index (χ2n) is 8.65. The van der Waals surface area contributed by atoms with Crippen LogP contribution in [0.2, 0.25) is 0 Å². The summed E-state index contributed by atoms with van der Waals surface area (Å²) in [5.74, 6) is 1.14. The zero-order chi connectivity index (χ0) is 17.2. The summed E-state index contributed by atoms with van der Waals surface area (Å²) in [5.41, 5.74) is 1.02. The fraction of sp³-hybridized carbons (Fsp3) is 0.700. The van der Waals surface area contributed by atoms with Gasteiger partial charge >= 0.3 is 0 Å². The van der Waals surface area contributed by atoms with Gasteiger partial charge in [-0.2, -0.15) is 4.31 Å². The van der Waals surface area contributed by atoms with E-state index in [0.717, 1.165) is 24.9 Å². The number of sulfonamides is 1. The number of nitrogens with zero attached hydrogens (tertiary/aromatic N) is 2. The third-order valence-electron chi connectivity index (χ3n) is 7.38. The Morgan fingerprint density at radius 2 is 1.80 bits per heavy atom. The number of fused-ring (bicyclic) bond motifs is 1. The van der Waals surface area contributed by atoms with Crippen LogP contribution in [0.5, 0.6) is 0 Å². The molecule has 6 rings (SSSR count). The molecule has 2 bridgehead atoms.